The molecule has 0 bridgehead atoms. The zero-order valence-corrected chi connectivity index (χ0v) is 6.05. The lowest BCUT2D eigenvalue weighted by atomic mass is 9.92. The molecular weight excluding hydrogens is 145 g/mol. The summed E-state index contributed by atoms with van der Waals surface area (Å²) in [6, 6.07) is 0. The Bertz CT molecular complexity index is 258. The number of aryl methyl sites for hydroxylation is 1. The molecule has 5 nitrogen and oxygen atoms in total. The van der Waals surface area contributed by atoms with Crippen molar-refractivity contribution in [2.75, 3.05) is 0 Å². The second kappa shape index (κ2) is 3.31. The van der Waals surface area contributed by atoms with E-state index in [9.17, 15) is 0 Å². The van der Waals surface area contributed by atoms with Crippen molar-refractivity contribution >= 4 is 13.2 Å². The molecule has 0 radical (unpaired) electrons. The van der Waals surface area contributed by atoms with Gasteiger partial charge in [0, 0.05) is 7.05 Å². The van der Waals surface area contributed by atoms with Crippen LogP contribution in [0.25, 0.3) is 6.08 Å². The van der Waals surface area contributed by atoms with E-state index in [-0.39, 0.29) is 0 Å². The Morgan fingerprint density at radius 3 is 2.82 bits per heavy atom. The summed E-state index contributed by atoms with van der Waals surface area (Å²) >= 11 is 0. The van der Waals surface area contributed by atoms with E-state index in [4.69, 9.17) is 10.0 Å². The molecule has 0 saturated carbocycles. The molecule has 0 aliphatic carbocycles. The van der Waals surface area contributed by atoms with Gasteiger partial charge in [0.15, 0.2) is 0 Å². The molecule has 1 heterocycles. The number of hydrogen-bond donors (Lipinski definition) is 2. The van der Waals surface area contributed by atoms with Gasteiger partial charge in [0.2, 0.25) is 0 Å². The third-order valence-electron chi connectivity index (χ3n) is 1.16. The van der Waals surface area contributed by atoms with Crippen LogP contribution in [-0.4, -0.2) is 31.9 Å². The Hall–Kier alpha value is -1.14. The Morgan fingerprint density at radius 2 is 2.36 bits per heavy atom. The summed E-state index contributed by atoms with van der Waals surface area (Å²) in [6.07, 6.45) is 2.88. The second-order valence-corrected chi connectivity index (χ2v) is 2.01. The van der Waals surface area contributed by atoms with E-state index >= 15 is 0 Å². The molecule has 2 N–H and O–H groups in total. The highest BCUT2D eigenvalue weighted by atomic mass is 16.4. The van der Waals surface area contributed by atoms with Crippen molar-refractivity contribution in [3.05, 3.63) is 18.1 Å². The summed E-state index contributed by atoms with van der Waals surface area (Å²) < 4.78 is 1.53. The minimum Gasteiger partial charge on any atom is -0.424 e. The summed E-state index contributed by atoms with van der Waals surface area (Å²) in [7, 11) is 0.280. The summed E-state index contributed by atoms with van der Waals surface area (Å²) in [6.45, 7) is 0. The molecule has 1 rings (SSSR count). The largest absolute Gasteiger partial charge is 0.480 e. The van der Waals surface area contributed by atoms with Gasteiger partial charge in [-0.05, 0) is 6.08 Å². The van der Waals surface area contributed by atoms with E-state index in [0.717, 1.165) is 0 Å². The summed E-state index contributed by atoms with van der Waals surface area (Å²) in [4.78, 5) is 3.83. The maximum absolute atomic E-state index is 8.45. The monoisotopic (exact) mass is 153 g/mol. The SMILES string of the molecule is Cn1ncnc1/C=C/B(O)O. The van der Waals surface area contributed by atoms with Crippen molar-refractivity contribution in [1.82, 2.24) is 14.8 Å². The van der Waals surface area contributed by atoms with E-state index < -0.39 is 7.12 Å². The average Bonchev–Trinajstić information content (AvgIpc) is 2.31. The van der Waals surface area contributed by atoms with Crippen LogP contribution in [0.2, 0.25) is 0 Å². The van der Waals surface area contributed by atoms with Crippen molar-refractivity contribution in [1.29, 1.82) is 0 Å². The highest BCUT2D eigenvalue weighted by Gasteiger charge is 2.00. The minimum atomic E-state index is -1.44. The Kier molecular flexibility index (Phi) is 2.40. The topological polar surface area (TPSA) is 71.2 Å². The van der Waals surface area contributed by atoms with Crippen LogP contribution in [0.3, 0.4) is 0 Å². The normalized spacial score (nSPS) is 10.8. The van der Waals surface area contributed by atoms with Crippen LogP contribution < -0.4 is 0 Å². The van der Waals surface area contributed by atoms with Crippen LogP contribution in [0.15, 0.2) is 12.3 Å². The van der Waals surface area contributed by atoms with E-state index in [1.807, 2.05) is 0 Å². The molecule has 58 valence electrons. The van der Waals surface area contributed by atoms with Crippen molar-refractivity contribution in [3.8, 4) is 0 Å². The van der Waals surface area contributed by atoms with E-state index in [1.165, 1.54) is 23.1 Å². The van der Waals surface area contributed by atoms with E-state index in [1.54, 1.807) is 7.05 Å². The lowest BCUT2D eigenvalue weighted by molar-refractivity contribution is 0.424. The summed E-state index contributed by atoms with van der Waals surface area (Å²) in [5.41, 5.74) is 0. The first-order chi connectivity index (χ1) is 5.20. The van der Waals surface area contributed by atoms with Crippen LogP contribution in [0.1, 0.15) is 5.82 Å². The summed E-state index contributed by atoms with van der Waals surface area (Å²) in [5.74, 6) is 1.79. The van der Waals surface area contributed by atoms with Gasteiger partial charge in [-0.25, -0.2) is 9.67 Å². The zero-order valence-electron chi connectivity index (χ0n) is 6.05. The fourth-order valence-electron chi connectivity index (χ4n) is 0.628. The molecule has 0 amide bonds. The van der Waals surface area contributed by atoms with Gasteiger partial charge in [0.05, 0.1) is 0 Å². The molecule has 1 aromatic rings. The molecule has 0 aliphatic rings. The Morgan fingerprint density at radius 1 is 1.64 bits per heavy atom. The van der Waals surface area contributed by atoms with Gasteiger partial charge >= 0.3 is 7.12 Å². The maximum Gasteiger partial charge on any atom is 0.480 e. The van der Waals surface area contributed by atoms with Gasteiger partial charge in [0.1, 0.15) is 12.2 Å². The fraction of sp³-hybridized carbons (Fsp3) is 0.200. The summed E-state index contributed by atoms with van der Waals surface area (Å²) in [5, 5.41) is 20.7. The minimum absolute atomic E-state index is 0.582. The Balaban J connectivity index is 2.71. The molecule has 0 spiro atoms. The van der Waals surface area contributed by atoms with E-state index in [0.29, 0.717) is 5.82 Å². The number of hydrogen-bond acceptors (Lipinski definition) is 4. The molecule has 11 heavy (non-hydrogen) atoms. The molecule has 0 unspecified atom stereocenters. The molecule has 1 aromatic heterocycles. The third kappa shape index (κ3) is 2.17. The van der Waals surface area contributed by atoms with Gasteiger partial charge in [-0.2, -0.15) is 5.10 Å². The molecule has 0 fully saturated rings. The quantitative estimate of drug-likeness (QED) is 0.525. The van der Waals surface area contributed by atoms with Crippen molar-refractivity contribution in [3.63, 3.8) is 0 Å². The van der Waals surface area contributed by atoms with Gasteiger partial charge in [0.25, 0.3) is 0 Å². The Labute approximate surface area is 64.1 Å². The van der Waals surface area contributed by atoms with Crippen molar-refractivity contribution < 1.29 is 10.0 Å². The smallest absolute Gasteiger partial charge is 0.424 e. The number of rotatable bonds is 2. The highest BCUT2D eigenvalue weighted by Crippen LogP contribution is 1.93. The number of nitrogens with zero attached hydrogens (tertiary/aromatic N) is 3. The van der Waals surface area contributed by atoms with Gasteiger partial charge in [-0.15, -0.1) is 0 Å². The lowest BCUT2D eigenvalue weighted by Gasteiger charge is -1.90. The van der Waals surface area contributed by atoms with Crippen LogP contribution in [-0.2, 0) is 7.05 Å². The maximum atomic E-state index is 8.45. The predicted molar refractivity (Wildman–Crippen MR) is 40.2 cm³/mol. The van der Waals surface area contributed by atoms with Gasteiger partial charge < -0.3 is 10.0 Å². The first kappa shape index (κ1) is 7.97. The first-order valence-corrected chi connectivity index (χ1v) is 3.08. The van der Waals surface area contributed by atoms with Crippen LogP contribution >= 0.6 is 0 Å². The average molecular weight is 153 g/mol. The van der Waals surface area contributed by atoms with Crippen LogP contribution in [0.4, 0.5) is 0 Å². The van der Waals surface area contributed by atoms with Crippen molar-refractivity contribution in [2.24, 2.45) is 7.05 Å². The first-order valence-electron chi connectivity index (χ1n) is 3.08. The molecule has 0 atom stereocenters. The van der Waals surface area contributed by atoms with Gasteiger partial charge in [-0.1, -0.05) is 5.98 Å². The van der Waals surface area contributed by atoms with Crippen LogP contribution in [0, 0.1) is 0 Å². The predicted octanol–water partition coefficient (Wildman–Crippen LogP) is -1.16. The molecular formula is C5H8BN3O2. The third-order valence-corrected chi connectivity index (χ3v) is 1.16. The zero-order chi connectivity index (χ0) is 8.27. The fourth-order valence-corrected chi connectivity index (χ4v) is 0.628. The molecule has 0 saturated heterocycles. The number of aromatic nitrogens is 3. The molecule has 6 heteroatoms. The lowest BCUT2D eigenvalue weighted by Crippen LogP contribution is -2.06. The van der Waals surface area contributed by atoms with Gasteiger partial charge in [-0.3, -0.25) is 0 Å². The molecule has 0 aliphatic heterocycles. The second-order valence-electron chi connectivity index (χ2n) is 2.01. The van der Waals surface area contributed by atoms with Crippen LogP contribution in [0.5, 0.6) is 0 Å². The standard InChI is InChI=1S/C5H8BN3O2/c1-9-5(7-4-8-9)2-3-6(10)11/h2-4,10-11H,1H3/b3-2+. The highest BCUT2D eigenvalue weighted by molar-refractivity contribution is 6.48. The molecule has 0 aromatic carbocycles. The van der Waals surface area contributed by atoms with Crippen molar-refractivity contribution in [2.45, 2.75) is 0 Å². The van der Waals surface area contributed by atoms with E-state index in [2.05, 4.69) is 10.1 Å².